The predicted molar refractivity (Wildman–Crippen MR) is 106 cm³/mol. The van der Waals surface area contributed by atoms with Gasteiger partial charge in [0.05, 0.1) is 10.9 Å². The number of hydrogen-bond donors (Lipinski definition) is 0. The van der Waals surface area contributed by atoms with Crippen LogP contribution >= 0.6 is 11.6 Å². The molecule has 2 aliphatic rings. The topological polar surface area (TPSA) is 69.6 Å². The van der Waals surface area contributed by atoms with Crippen molar-refractivity contribution in [1.29, 1.82) is 0 Å². The standard InChI is InChI=1S/C20H22ClN5O2/c21-17-3-4-18(23-12-17)24-6-8-25(9-7-24)20(28)16-10-19(27)26(14-16)13-15-2-1-5-22-11-15/h1-5,11-12,16H,6-10,13-14H2. The molecule has 2 amide bonds. The molecule has 28 heavy (non-hydrogen) atoms. The van der Waals surface area contributed by atoms with E-state index >= 15 is 0 Å². The number of rotatable bonds is 4. The van der Waals surface area contributed by atoms with Crippen molar-refractivity contribution in [1.82, 2.24) is 19.8 Å². The van der Waals surface area contributed by atoms with E-state index < -0.39 is 0 Å². The minimum absolute atomic E-state index is 0.0335. The molecule has 7 nitrogen and oxygen atoms in total. The van der Waals surface area contributed by atoms with Gasteiger partial charge in [-0.2, -0.15) is 0 Å². The molecule has 2 fully saturated rings. The van der Waals surface area contributed by atoms with E-state index in [1.54, 1.807) is 23.5 Å². The lowest BCUT2D eigenvalue weighted by Gasteiger charge is -2.36. The molecule has 2 aromatic heterocycles. The average Bonchev–Trinajstić information content (AvgIpc) is 3.09. The van der Waals surface area contributed by atoms with Gasteiger partial charge in [-0.3, -0.25) is 14.6 Å². The number of carbonyl (C=O) groups excluding carboxylic acids is 2. The Morgan fingerprint density at radius 1 is 1.14 bits per heavy atom. The molecule has 2 aliphatic heterocycles. The largest absolute Gasteiger partial charge is 0.353 e. The highest BCUT2D eigenvalue weighted by Gasteiger charge is 2.37. The lowest BCUT2D eigenvalue weighted by atomic mass is 10.1. The summed E-state index contributed by atoms with van der Waals surface area (Å²) < 4.78 is 0. The predicted octanol–water partition coefficient (Wildman–Crippen LogP) is 1.83. The van der Waals surface area contributed by atoms with Gasteiger partial charge in [-0.25, -0.2) is 4.98 Å². The van der Waals surface area contributed by atoms with Gasteiger partial charge >= 0.3 is 0 Å². The van der Waals surface area contributed by atoms with Crippen LogP contribution < -0.4 is 4.90 Å². The van der Waals surface area contributed by atoms with E-state index in [1.807, 2.05) is 29.2 Å². The highest BCUT2D eigenvalue weighted by atomic mass is 35.5. The average molecular weight is 400 g/mol. The second kappa shape index (κ2) is 8.14. The van der Waals surface area contributed by atoms with Crippen LogP contribution in [0.25, 0.3) is 0 Å². The Labute approximate surface area is 168 Å². The monoisotopic (exact) mass is 399 g/mol. The van der Waals surface area contributed by atoms with Crippen molar-refractivity contribution in [2.75, 3.05) is 37.6 Å². The maximum Gasteiger partial charge on any atom is 0.228 e. The molecule has 0 spiro atoms. The van der Waals surface area contributed by atoms with Gasteiger partial charge in [-0.15, -0.1) is 0 Å². The smallest absolute Gasteiger partial charge is 0.228 e. The Balaban J connectivity index is 1.31. The van der Waals surface area contributed by atoms with Crippen molar-refractivity contribution in [2.45, 2.75) is 13.0 Å². The first-order valence-electron chi connectivity index (χ1n) is 9.42. The Hall–Kier alpha value is -2.67. The molecule has 0 radical (unpaired) electrons. The van der Waals surface area contributed by atoms with Gasteiger partial charge in [-0.1, -0.05) is 17.7 Å². The lowest BCUT2D eigenvalue weighted by Crippen LogP contribution is -2.50. The maximum atomic E-state index is 12.9. The van der Waals surface area contributed by atoms with Crippen LogP contribution in [0.3, 0.4) is 0 Å². The first kappa shape index (κ1) is 18.7. The molecule has 0 bridgehead atoms. The van der Waals surface area contributed by atoms with E-state index in [0.717, 1.165) is 24.5 Å². The number of nitrogens with zero attached hydrogens (tertiary/aromatic N) is 5. The molecule has 4 heterocycles. The summed E-state index contributed by atoms with van der Waals surface area (Å²) in [6.07, 6.45) is 5.39. The quantitative estimate of drug-likeness (QED) is 0.784. The third-order valence-electron chi connectivity index (χ3n) is 5.29. The zero-order chi connectivity index (χ0) is 19.5. The number of likely N-dealkylation sites (tertiary alicyclic amines) is 1. The minimum Gasteiger partial charge on any atom is -0.353 e. The molecule has 1 unspecified atom stereocenters. The summed E-state index contributed by atoms with van der Waals surface area (Å²) in [7, 11) is 0. The molecular formula is C20H22ClN5O2. The first-order valence-corrected chi connectivity index (χ1v) is 9.80. The SMILES string of the molecule is O=C1CC(C(=O)N2CCN(c3ccc(Cl)cn3)CC2)CN1Cc1cccnc1. The van der Waals surface area contributed by atoms with Crippen LogP contribution in [0.15, 0.2) is 42.9 Å². The van der Waals surface area contributed by atoms with E-state index in [9.17, 15) is 9.59 Å². The van der Waals surface area contributed by atoms with E-state index in [4.69, 9.17) is 11.6 Å². The number of hydrogen-bond acceptors (Lipinski definition) is 5. The summed E-state index contributed by atoms with van der Waals surface area (Å²) in [5.74, 6) is 0.719. The number of anilines is 1. The Morgan fingerprint density at radius 3 is 2.64 bits per heavy atom. The molecule has 0 aliphatic carbocycles. The van der Waals surface area contributed by atoms with Crippen molar-refractivity contribution in [3.63, 3.8) is 0 Å². The zero-order valence-corrected chi connectivity index (χ0v) is 16.3. The molecule has 0 aromatic carbocycles. The molecule has 4 rings (SSSR count). The summed E-state index contributed by atoms with van der Waals surface area (Å²) in [5.41, 5.74) is 0.980. The molecular weight excluding hydrogens is 378 g/mol. The van der Waals surface area contributed by atoms with Gasteiger partial charge in [0.15, 0.2) is 0 Å². The van der Waals surface area contributed by atoms with Crippen molar-refractivity contribution in [3.8, 4) is 0 Å². The molecule has 1 atom stereocenters. The van der Waals surface area contributed by atoms with E-state index in [-0.39, 0.29) is 24.2 Å². The number of amides is 2. The Bertz CT molecular complexity index is 837. The third kappa shape index (κ3) is 4.09. The van der Waals surface area contributed by atoms with Crippen LogP contribution in [0, 0.1) is 5.92 Å². The van der Waals surface area contributed by atoms with E-state index in [2.05, 4.69) is 14.9 Å². The number of aromatic nitrogens is 2. The van der Waals surface area contributed by atoms with Crippen LogP contribution in [0.5, 0.6) is 0 Å². The van der Waals surface area contributed by atoms with Crippen LogP contribution in [0.2, 0.25) is 5.02 Å². The molecule has 146 valence electrons. The van der Waals surface area contributed by atoms with Crippen molar-refractivity contribution in [3.05, 3.63) is 53.4 Å². The van der Waals surface area contributed by atoms with Crippen molar-refractivity contribution < 1.29 is 9.59 Å². The number of carbonyl (C=O) groups is 2. The van der Waals surface area contributed by atoms with Gasteiger partial charge in [-0.05, 0) is 23.8 Å². The molecule has 2 saturated heterocycles. The van der Waals surface area contributed by atoms with Crippen molar-refractivity contribution >= 4 is 29.2 Å². The van der Waals surface area contributed by atoms with E-state index in [1.165, 1.54) is 0 Å². The van der Waals surface area contributed by atoms with Gasteiger partial charge in [0, 0.05) is 64.3 Å². The maximum absolute atomic E-state index is 12.9. The summed E-state index contributed by atoms with van der Waals surface area (Å²) in [6, 6.07) is 7.52. The van der Waals surface area contributed by atoms with Crippen LogP contribution in [-0.4, -0.2) is 64.3 Å². The molecule has 2 aromatic rings. The molecule has 0 N–H and O–H groups in total. The van der Waals surface area contributed by atoms with Gasteiger partial charge in [0.2, 0.25) is 11.8 Å². The Morgan fingerprint density at radius 2 is 1.96 bits per heavy atom. The minimum atomic E-state index is -0.260. The zero-order valence-electron chi connectivity index (χ0n) is 15.5. The highest BCUT2D eigenvalue weighted by molar-refractivity contribution is 6.30. The molecule has 0 saturated carbocycles. The van der Waals surface area contributed by atoms with Crippen LogP contribution in [0.4, 0.5) is 5.82 Å². The van der Waals surface area contributed by atoms with Gasteiger partial charge in [0.25, 0.3) is 0 Å². The van der Waals surface area contributed by atoms with Crippen LogP contribution in [-0.2, 0) is 16.1 Å². The fraction of sp³-hybridized carbons (Fsp3) is 0.400. The second-order valence-corrected chi connectivity index (χ2v) is 7.62. The number of pyridine rings is 2. The lowest BCUT2D eigenvalue weighted by molar-refractivity contribution is -0.136. The molecule has 8 heteroatoms. The van der Waals surface area contributed by atoms with E-state index in [0.29, 0.717) is 31.2 Å². The first-order chi connectivity index (χ1) is 13.6. The van der Waals surface area contributed by atoms with Gasteiger partial charge in [0.1, 0.15) is 5.82 Å². The highest BCUT2D eigenvalue weighted by Crippen LogP contribution is 2.23. The normalized spacial score (nSPS) is 20.0. The summed E-state index contributed by atoms with van der Waals surface area (Å²) in [6.45, 7) is 3.70. The third-order valence-corrected chi connectivity index (χ3v) is 5.51. The van der Waals surface area contributed by atoms with Crippen LogP contribution in [0.1, 0.15) is 12.0 Å². The number of halogens is 1. The fourth-order valence-electron chi connectivity index (χ4n) is 3.77. The van der Waals surface area contributed by atoms with Gasteiger partial charge < -0.3 is 14.7 Å². The fourth-order valence-corrected chi connectivity index (χ4v) is 3.88. The number of piperazine rings is 1. The Kier molecular flexibility index (Phi) is 5.43. The summed E-state index contributed by atoms with van der Waals surface area (Å²) >= 11 is 5.89. The summed E-state index contributed by atoms with van der Waals surface area (Å²) in [5, 5.41) is 0.610. The second-order valence-electron chi connectivity index (χ2n) is 7.18. The summed E-state index contributed by atoms with van der Waals surface area (Å²) in [4.78, 5) is 39.5. The van der Waals surface area contributed by atoms with Crippen molar-refractivity contribution in [2.24, 2.45) is 5.92 Å².